The molecule has 6 heteroatoms. The molecule has 0 aliphatic carbocycles. The van der Waals surface area contributed by atoms with Crippen LogP contribution in [0.1, 0.15) is 29.1 Å². The Morgan fingerprint density at radius 1 is 1.19 bits per heavy atom. The molecule has 21 heavy (non-hydrogen) atoms. The molecule has 2 aromatic heterocycles. The summed E-state index contributed by atoms with van der Waals surface area (Å²) in [6.45, 7) is 1.89. The van der Waals surface area contributed by atoms with E-state index in [0.717, 1.165) is 10.1 Å². The van der Waals surface area contributed by atoms with Gasteiger partial charge >= 0.3 is 0 Å². The fraction of sp³-hybridized carbons (Fsp3) is 0.133. The molecule has 0 spiro atoms. The molecule has 0 bridgehead atoms. The summed E-state index contributed by atoms with van der Waals surface area (Å²) < 4.78 is 2.63. The molecule has 0 unspecified atom stereocenters. The molecule has 5 nitrogen and oxygen atoms in total. The summed E-state index contributed by atoms with van der Waals surface area (Å²) in [5.74, 6) is 0.550. The van der Waals surface area contributed by atoms with Gasteiger partial charge in [0.25, 0.3) is 5.91 Å². The molecule has 1 aromatic carbocycles. The van der Waals surface area contributed by atoms with E-state index in [0.29, 0.717) is 11.4 Å². The highest BCUT2D eigenvalue weighted by molar-refractivity contribution is 9.10. The van der Waals surface area contributed by atoms with Gasteiger partial charge in [0.05, 0.1) is 11.6 Å². The number of fused-ring (bicyclic) bond motifs is 1. The van der Waals surface area contributed by atoms with Crippen molar-refractivity contribution in [2.75, 3.05) is 0 Å². The van der Waals surface area contributed by atoms with E-state index in [1.54, 1.807) is 6.07 Å². The fourth-order valence-corrected chi connectivity index (χ4v) is 2.60. The normalized spacial score (nSPS) is 12.3. The van der Waals surface area contributed by atoms with Crippen LogP contribution in [0.3, 0.4) is 0 Å². The van der Waals surface area contributed by atoms with Gasteiger partial charge in [-0.1, -0.05) is 18.2 Å². The second-order valence-electron chi connectivity index (χ2n) is 4.66. The molecule has 0 fully saturated rings. The topological polar surface area (TPSA) is 59.3 Å². The van der Waals surface area contributed by atoms with Crippen molar-refractivity contribution in [2.45, 2.75) is 13.0 Å². The molecule has 2 heterocycles. The maximum absolute atomic E-state index is 12.3. The minimum atomic E-state index is -0.248. The molecular weight excluding hydrogens is 332 g/mol. The lowest BCUT2D eigenvalue weighted by Crippen LogP contribution is -2.28. The zero-order valence-electron chi connectivity index (χ0n) is 11.3. The van der Waals surface area contributed by atoms with Gasteiger partial charge in [0.15, 0.2) is 11.5 Å². The van der Waals surface area contributed by atoms with Gasteiger partial charge in [-0.05, 0) is 47.1 Å². The molecule has 1 atom stereocenters. The Morgan fingerprint density at radius 3 is 2.76 bits per heavy atom. The average Bonchev–Trinajstić information content (AvgIpc) is 2.91. The maximum Gasteiger partial charge on any atom is 0.253 e. The SMILES string of the molecule is C[C@H](NC(=O)c1ccccc1Br)c1nnc2ccccn12. The third-order valence-corrected chi connectivity index (χ3v) is 3.88. The summed E-state index contributed by atoms with van der Waals surface area (Å²) in [7, 11) is 0. The van der Waals surface area contributed by atoms with Crippen molar-refractivity contribution in [1.29, 1.82) is 0 Å². The zero-order valence-corrected chi connectivity index (χ0v) is 12.9. The van der Waals surface area contributed by atoms with Crippen molar-refractivity contribution in [3.8, 4) is 0 Å². The first kappa shape index (κ1) is 13.8. The van der Waals surface area contributed by atoms with E-state index in [-0.39, 0.29) is 11.9 Å². The van der Waals surface area contributed by atoms with Crippen molar-refractivity contribution < 1.29 is 4.79 Å². The Balaban J connectivity index is 1.85. The summed E-state index contributed by atoms with van der Waals surface area (Å²) in [5.41, 5.74) is 1.35. The smallest absolute Gasteiger partial charge is 0.253 e. The molecule has 3 rings (SSSR count). The van der Waals surface area contributed by atoms with Gasteiger partial charge in [-0.2, -0.15) is 0 Å². The first-order chi connectivity index (χ1) is 10.2. The van der Waals surface area contributed by atoms with Crippen LogP contribution < -0.4 is 5.32 Å². The average molecular weight is 345 g/mol. The molecular formula is C15H13BrN4O. The van der Waals surface area contributed by atoms with E-state index >= 15 is 0 Å². The predicted octanol–water partition coefficient (Wildman–Crippen LogP) is 2.98. The third-order valence-electron chi connectivity index (χ3n) is 3.19. The predicted molar refractivity (Wildman–Crippen MR) is 83.0 cm³/mol. The number of carbonyl (C=O) groups is 1. The summed E-state index contributed by atoms with van der Waals surface area (Å²) in [6.07, 6.45) is 1.88. The minimum Gasteiger partial charge on any atom is -0.342 e. The highest BCUT2D eigenvalue weighted by Crippen LogP contribution is 2.18. The van der Waals surface area contributed by atoms with Crippen molar-refractivity contribution in [3.63, 3.8) is 0 Å². The van der Waals surface area contributed by atoms with Gasteiger partial charge in [-0.25, -0.2) is 0 Å². The summed E-state index contributed by atoms with van der Waals surface area (Å²) >= 11 is 3.38. The zero-order chi connectivity index (χ0) is 14.8. The van der Waals surface area contributed by atoms with Crippen molar-refractivity contribution in [2.24, 2.45) is 0 Å². The van der Waals surface area contributed by atoms with Crippen LogP contribution in [0, 0.1) is 0 Å². The molecule has 3 aromatic rings. The number of rotatable bonds is 3. The van der Waals surface area contributed by atoms with E-state index in [1.165, 1.54) is 0 Å². The number of amides is 1. The van der Waals surface area contributed by atoms with E-state index < -0.39 is 0 Å². The van der Waals surface area contributed by atoms with Crippen LogP contribution in [0.15, 0.2) is 53.1 Å². The van der Waals surface area contributed by atoms with Crippen LogP contribution in [0.2, 0.25) is 0 Å². The second kappa shape index (κ2) is 5.65. The van der Waals surface area contributed by atoms with Gasteiger partial charge in [0, 0.05) is 10.7 Å². The van der Waals surface area contributed by atoms with Gasteiger partial charge in [0.2, 0.25) is 0 Å². The number of aromatic nitrogens is 3. The number of halogens is 1. The summed E-state index contributed by atoms with van der Waals surface area (Å²) in [5, 5.41) is 11.2. The largest absolute Gasteiger partial charge is 0.342 e. The number of nitrogens with zero attached hydrogens (tertiary/aromatic N) is 3. The highest BCUT2D eigenvalue weighted by atomic mass is 79.9. The maximum atomic E-state index is 12.3. The molecule has 1 amide bonds. The minimum absolute atomic E-state index is 0.150. The lowest BCUT2D eigenvalue weighted by atomic mass is 10.2. The van der Waals surface area contributed by atoms with Crippen molar-refractivity contribution >= 4 is 27.5 Å². The number of hydrogen-bond acceptors (Lipinski definition) is 3. The molecule has 0 saturated heterocycles. The molecule has 1 N–H and O–H groups in total. The molecule has 0 saturated carbocycles. The van der Waals surface area contributed by atoms with Crippen LogP contribution in [0.4, 0.5) is 0 Å². The first-order valence-electron chi connectivity index (χ1n) is 6.52. The van der Waals surface area contributed by atoms with E-state index in [1.807, 2.05) is 53.9 Å². The van der Waals surface area contributed by atoms with Gasteiger partial charge < -0.3 is 5.32 Å². The number of pyridine rings is 1. The molecule has 0 aliphatic rings. The standard InChI is InChI=1S/C15H13BrN4O/c1-10(14-19-18-13-8-4-5-9-20(13)14)17-15(21)11-6-2-3-7-12(11)16/h2-10H,1H3,(H,17,21)/t10-/m0/s1. The number of benzene rings is 1. The lowest BCUT2D eigenvalue weighted by Gasteiger charge is -2.13. The second-order valence-corrected chi connectivity index (χ2v) is 5.52. The quantitative estimate of drug-likeness (QED) is 0.794. The van der Waals surface area contributed by atoms with Gasteiger partial charge in [0.1, 0.15) is 0 Å². The number of carbonyl (C=O) groups excluding carboxylic acids is 1. The lowest BCUT2D eigenvalue weighted by molar-refractivity contribution is 0.0937. The monoisotopic (exact) mass is 344 g/mol. The number of nitrogens with one attached hydrogen (secondary N) is 1. The van der Waals surface area contributed by atoms with Crippen molar-refractivity contribution in [1.82, 2.24) is 19.9 Å². The summed E-state index contributed by atoms with van der Waals surface area (Å²) in [6, 6.07) is 12.7. The molecule has 106 valence electrons. The number of hydrogen-bond donors (Lipinski definition) is 1. The Kier molecular flexibility index (Phi) is 3.70. The molecule has 0 aliphatic heterocycles. The van der Waals surface area contributed by atoms with Crippen LogP contribution in [0.25, 0.3) is 5.65 Å². The molecule has 0 radical (unpaired) electrons. The Morgan fingerprint density at radius 2 is 1.95 bits per heavy atom. The van der Waals surface area contributed by atoms with Crippen LogP contribution >= 0.6 is 15.9 Å². The third kappa shape index (κ3) is 2.67. The van der Waals surface area contributed by atoms with Gasteiger partial charge in [-0.15, -0.1) is 10.2 Å². The summed E-state index contributed by atoms with van der Waals surface area (Å²) in [4.78, 5) is 12.3. The van der Waals surface area contributed by atoms with Crippen LogP contribution in [-0.4, -0.2) is 20.5 Å². The highest BCUT2D eigenvalue weighted by Gasteiger charge is 2.17. The van der Waals surface area contributed by atoms with E-state index in [2.05, 4.69) is 31.4 Å². The van der Waals surface area contributed by atoms with Crippen LogP contribution in [-0.2, 0) is 0 Å². The Labute approximate surface area is 130 Å². The Bertz CT molecular complexity index is 799. The van der Waals surface area contributed by atoms with Gasteiger partial charge in [-0.3, -0.25) is 9.20 Å². The van der Waals surface area contributed by atoms with E-state index in [9.17, 15) is 4.79 Å². The first-order valence-corrected chi connectivity index (χ1v) is 7.31. The Hall–Kier alpha value is -2.21. The van der Waals surface area contributed by atoms with Crippen LogP contribution in [0.5, 0.6) is 0 Å². The van der Waals surface area contributed by atoms with Crippen molar-refractivity contribution in [3.05, 3.63) is 64.5 Å². The van der Waals surface area contributed by atoms with E-state index in [4.69, 9.17) is 0 Å². The fourth-order valence-electron chi connectivity index (χ4n) is 2.14.